The number of nitrogens with zero attached hydrogens (tertiary/aromatic N) is 1. The maximum atomic E-state index is 12.3. The van der Waals surface area contributed by atoms with Crippen LogP contribution in [0.1, 0.15) is 25.7 Å². The summed E-state index contributed by atoms with van der Waals surface area (Å²) in [6.07, 6.45) is 0. The summed E-state index contributed by atoms with van der Waals surface area (Å²) in [5.74, 6) is 0.200. The molecule has 0 unspecified atom stereocenters. The van der Waals surface area contributed by atoms with Crippen molar-refractivity contribution >= 4 is 33.0 Å². The Bertz CT molecular complexity index is 603. The number of benzene rings is 1. The normalized spacial score (nSPS) is 11.1. The molecule has 0 spiro atoms. The molecular weight excluding hydrogens is 334 g/mol. The second kappa shape index (κ2) is 6.66. The lowest BCUT2D eigenvalue weighted by Crippen LogP contribution is -2.25. The standard InChI is InChI=1S/C16H18BrNOS/c1-11-8-15(12(2)20-11)16(19)10-18(3)9-13-4-6-14(17)7-5-13/h4-8H,9-10H2,1-3H3. The molecule has 2 nitrogen and oxygen atoms in total. The zero-order valence-electron chi connectivity index (χ0n) is 11.9. The van der Waals surface area contributed by atoms with Crippen molar-refractivity contribution in [3.05, 3.63) is 55.7 Å². The van der Waals surface area contributed by atoms with Gasteiger partial charge in [-0.25, -0.2) is 0 Å². The Kier molecular flexibility index (Phi) is 5.13. The summed E-state index contributed by atoms with van der Waals surface area (Å²) in [6, 6.07) is 10.2. The Morgan fingerprint density at radius 1 is 1.25 bits per heavy atom. The molecule has 106 valence electrons. The van der Waals surface area contributed by atoms with E-state index >= 15 is 0 Å². The molecule has 0 saturated carbocycles. The minimum Gasteiger partial charge on any atom is -0.295 e. The first-order chi connectivity index (χ1) is 9.45. The first-order valence-corrected chi connectivity index (χ1v) is 8.10. The highest BCUT2D eigenvalue weighted by molar-refractivity contribution is 9.10. The van der Waals surface area contributed by atoms with Gasteiger partial charge in [0.2, 0.25) is 0 Å². The molecule has 0 aliphatic carbocycles. The molecule has 20 heavy (non-hydrogen) atoms. The van der Waals surface area contributed by atoms with Crippen molar-refractivity contribution in [1.29, 1.82) is 0 Å². The number of rotatable bonds is 5. The smallest absolute Gasteiger partial charge is 0.177 e. The summed E-state index contributed by atoms with van der Waals surface area (Å²) in [5, 5.41) is 0. The Morgan fingerprint density at radius 3 is 2.45 bits per heavy atom. The molecule has 0 fully saturated rings. The number of hydrogen-bond acceptors (Lipinski definition) is 3. The van der Waals surface area contributed by atoms with E-state index in [4.69, 9.17) is 0 Å². The molecule has 0 amide bonds. The van der Waals surface area contributed by atoms with E-state index in [9.17, 15) is 4.79 Å². The number of ketones is 1. The molecule has 0 aliphatic heterocycles. The fourth-order valence-corrected chi connectivity index (χ4v) is 3.40. The van der Waals surface area contributed by atoms with E-state index in [1.54, 1.807) is 11.3 Å². The van der Waals surface area contributed by atoms with Crippen molar-refractivity contribution < 1.29 is 4.79 Å². The topological polar surface area (TPSA) is 20.3 Å². The maximum absolute atomic E-state index is 12.3. The largest absolute Gasteiger partial charge is 0.295 e. The van der Waals surface area contributed by atoms with Crippen LogP contribution in [0, 0.1) is 13.8 Å². The van der Waals surface area contributed by atoms with Gasteiger partial charge in [0, 0.05) is 26.3 Å². The Hall–Kier alpha value is -0.970. The van der Waals surface area contributed by atoms with Gasteiger partial charge in [0.25, 0.3) is 0 Å². The molecule has 0 atom stereocenters. The third-order valence-electron chi connectivity index (χ3n) is 3.12. The Morgan fingerprint density at radius 2 is 1.90 bits per heavy atom. The van der Waals surface area contributed by atoms with E-state index in [2.05, 4.69) is 33.0 Å². The average Bonchev–Trinajstić information content (AvgIpc) is 2.71. The number of likely N-dealkylation sites (N-methyl/N-ethyl adjacent to an activating group) is 1. The van der Waals surface area contributed by atoms with Crippen LogP contribution in [0.15, 0.2) is 34.8 Å². The molecule has 2 rings (SSSR count). The summed E-state index contributed by atoms with van der Waals surface area (Å²) < 4.78 is 1.07. The number of thiophene rings is 1. The summed E-state index contributed by atoms with van der Waals surface area (Å²) in [6.45, 7) is 5.29. The van der Waals surface area contributed by atoms with E-state index in [1.165, 1.54) is 10.4 Å². The van der Waals surface area contributed by atoms with Gasteiger partial charge in [-0.15, -0.1) is 11.3 Å². The quantitative estimate of drug-likeness (QED) is 0.742. The minimum absolute atomic E-state index is 0.200. The van der Waals surface area contributed by atoms with Crippen LogP contribution in [0.2, 0.25) is 0 Å². The molecule has 0 N–H and O–H groups in total. The van der Waals surface area contributed by atoms with Crippen molar-refractivity contribution in [2.45, 2.75) is 20.4 Å². The van der Waals surface area contributed by atoms with Crippen LogP contribution in [0.3, 0.4) is 0 Å². The summed E-state index contributed by atoms with van der Waals surface area (Å²) >= 11 is 5.11. The fourth-order valence-electron chi connectivity index (χ4n) is 2.20. The van der Waals surface area contributed by atoms with Gasteiger partial charge >= 0.3 is 0 Å². The molecule has 1 heterocycles. The highest BCUT2D eigenvalue weighted by atomic mass is 79.9. The summed E-state index contributed by atoms with van der Waals surface area (Å²) in [5.41, 5.74) is 2.08. The van der Waals surface area contributed by atoms with Crippen LogP contribution in [-0.2, 0) is 6.54 Å². The predicted octanol–water partition coefficient (Wildman–Crippen LogP) is 4.44. The molecule has 0 aliphatic rings. The SMILES string of the molecule is Cc1cc(C(=O)CN(C)Cc2ccc(Br)cc2)c(C)s1. The van der Waals surface area contributed by atoms with Gasteiger partial charge < -0.3 is 0 Å². The van der Waals surface area contributed by atoms with Crippen molar-refractivity contribution in [2.75, 3.05) is 13.6 Å². The number of carbonyl (C=O) groups excluding carboxylic acids is 1. The number of hydrogen-bond donors (Lipinski definition) is 0. The zero-order valence-corrected chi connectivity index (χ0v) is 14.3. The van der Waals surface area contributed by atoms with Gasteiger partial charge in [-0.1, -0.05) is 28.1 Å². The van der Waals surface area contributed by atoms with E-state index in [-0.39, 0.29) is 5.78 Å². The van der Waals surface area contributed by atoms with Crippen LogP contribution >= 0.6 is 27.3 Å². The number of Topliss-reactive ketones (excluding diaryl/α,β-unsaturated/α-hetero) is 1. The number of aryl methyl sites for hydroxylation is 2. The van der Waals surface area contributed by atoms with E-state index in [0.29, 0.717) is 6.54 Å². The second-order valence-electron chi connectivity index (χ2n) is 5.05. The Balaban J connectivity index is 1.97. The number of carbonyl (C=O) groups is 1. The van der Waals surface area contributed by atoms with Crippen LogP contribution < -0.4 is 0 Å². The molecular formula is C16H18BrNOS. The van der Waals surface area contributed by atoms with Crippen molar-refractivity contribution in [2.24, 2.45) is 0 Å². The van der Waals surface area contributed by atoms with E-state index in [1.807, 2.05) is 39.1 Å². The van der Waals surface area contributed by atoms with Crippen molar-refractivity contribution in [1.82, 2.24) is 4.90 Å². The van der Waals surface area contributed by atoms with E-state index in [0.717, 1.165) is 21.5 Å². The second-order valence-corrected chi connectivity index (χ2v) is 7.42. The lowest BCUT2D eigenvalue weighted by molar-refractivity contribution is 0.0943. The summed E-state index contributed by atoms with van der Waals surface area (Å²) in [7, 11) is 1.98. The lowest BCUT2D eigenvalue weighted by Gasteiger charge is -2.15. The molecule has 0 saturated heterocycles. The highest BCUT2D eigenvalue weighted by Gasteiger charge is 2.14. The molecule has 4 heteroatoms. The lowest BCUT2D eigenvalue weighted by atomic mass is 10.1. The summed E-state index contributed by atoms with van der Waals surface area (Å²) in [4.78, 5) is 16.7. The molecule has 0 radical (unpaired) electrons. The van der Waals surface area contributed by atoms with Crippen LogP contribution in [0.4, 0.5) is 0 Å². The van der Waals surface area contributed by atoms with Crippen LogP contribution in [0.5, 0.6) is 0 Å². The van der Waals surface area contributed by atoms with Crippen molar-refractivity contribution in [3.8, 4) is 0 Å². The van der Waals surface area contributed by atoms with Gasteiger partial charge in [0.05, 0.1) is 6.54 Å². The third kappa shape index (κ3) is 4.01. The first-order valence-electron chi connectivity index (χ1n) is 6.49. The zero-order chi connectivity index (χ0) is 14.7. The molecule has 2 aromatic rings. The first kappa shape index (κ1) is 15.4. The molecule has 1 aromatic carbocycles. The fraction of sp³-hybridized carbons (Fsp3) is 0.312. The van der Waals surface area contributed by atoms with Crippen molar-refractivity contribution in [3.63, 3.8) is 0 Å². The van der Waals surface area contributed by atoms with Gasteiger partial charge in [0.15, 0.2) is 5.78 Å². The number of halogens is 1. The Labute approximate surface area is 132 Å². The van der Waals surface area contributed by atoms with Gasteiger partial charge in [-0.2, -0.15) is 0 Å². The van der Waals surface area contributed by atoms with Crippen LogP contribution in [-0.4, -0.2) is 24.3 Å². The molecule has 1 aromatic heterocycles. The monoisotopic (exact) mass is 351 g/mol. The van der Waals surface area contributed by atoms with E-state index < -0.39 is 0 Å². The van der Waals surface area contributed by atoms with Crippen LogP contribution in [0.25, 0.3) is 0 Å². The van der Waals surface area contributed by atoms with Gasteiger partial charge in [-0.05, 0) is 44.7 Å². The van der Waals surface area contributed by atoms with Gasteiger partial charge in [-0.3, -0.25) is 9.69 Å². The third-order valence-corrected chi connectivity index (χ3v) is 4.62. The minimum atomic E-state index is 0.200. The molecule has 0 bridgehead atoms. The maximum Gasteiger partial charge on any atom is 0.177 e. The predicted molar refractivity (Wildman–Crippen MR) is 88.6 cm³/mol. The average molecular weight is 352 g/mol. The van der Waals surface area contributed by atoms with Gasteiger partial charge in [0.1, 0.15) is 0 Å². The highest BCUT2D eigenvalue weighted by Crippen LogP contribution is 2.21.